The molecule has 0 radical (unpaired) electrons. The molecule has 78 valence electrons. The first-order valence-electron chi connectivity index (χ1n) is 4.74. The van der Waals surface area contributed by atoms with E-state index in [2.05, 4.69) is 27.0 Å². The standard InChI is InChI=1S/C12H11BrClN/c1-6-4-5-9-11(14)7(2)8(3)15-12(9)10(6)13/h4-5H,1-3H3. The minimum atomic E-state index is 0.804. The van der Waals surface area contributed by atoms with Gasteiger partial charge in [-0.15, -0.1) is 0 Å². The zero-order chi connectivity index (χ0) is 11.2. The number of aromatic nitrogens is 1. The van der Waals surface area contributed by atoms with E-state index < -0.39 is 0 Å². The van der Waals surface area contributed by atoms with E-state index in [4.69, 9.17) is 11.6 Å². The van der Waals surface area contributed by atoms with Gasteiger partial charge in [0.05, 0.1) is 10.5 Å². The number of nitrogens with zero attached hydrogens (tertiary/aromatic N) is 1. The number of pyridine rings is 1. The minimum Gasteiger partial charge on any atom is -0.252 e. The maximum Gasteiger partial charge on any atom is 0.0864 e. The third-order valence-corrected chi connectivity index (χ3v) is 4.19. The van der Waals surface area contributed by atoms with Crippen LogP contribution in [0.3, 0.4) is 0 Å². The van der Waals surface area contributed by atoms with Gasteiger partial charge in [0.1, 0.15) is 0 Å². The maximum atomic E-state index is 6.29. The second kappa shape index (κ2) is 3.76. The average Bonchev–Trinajstić information content (AvgIpc) is 2.21. The fourth-order valence-electron chi connectivity index (χ4n) is 1.56. The van der Waals surface area contributed by atoms with Crippen molar-refractivity contribution in [3.63, 3.8) is 0 Å². The van der Waals surface area contributed by atoms with Crippen molar-refractivity contribution >= 4 is 38.4 Å². The van der Waals surface area contributed by atoms with Gasteiger partial charge in [-0.1, -0.05) is 23.7 Å². The van der Waals surface area contributed by atoms with Gasteiger partial charge in [0.25, 0.3) is 0 Å². The summed E-state index contributed by atoms with van der Waals surface area (Å²) in [4.78, 5) is 4.57. The fraction of sp³-hybridized carbons (Fsp3) is 0.250. The molecule has 2 aromatic rings. The smallest absolute Gasteiger partial charge is 0.0864 e. The first kappa shape index (κ1) is 10.9. The van der Waals surface area contributed by atoms with Crippen LogP contribution in [-0.4, -0.2) is 4.98 Å². The highest BCUT2D eigenvalue weighted by molar-refractivity contribution is 9.10. The molecule has 15 heavy (non-hydrogen) atoms. The van der Waals surface area contributed by atoms with Crippen molar-refractivity contribution in [1.29, 1.82) is 0 Å². The number of fused-ring (bicyclic) bond motifs is 1. The van der Waals surface area contributed by atoms with E-state index in [1.165, 1.54) is 5.56 Å². The van der Waals surface area contributed by atoms with Crippen molar-refractivity contribution in [2.24, 2.45) is 0 Å². The maximum absolute atomic E-state index is 6.29. The van der Waals surface area contributed by atoms with Crippen LogP contribution in [0.25, 0.3) is 10.9 Å². The molecule has 1 heterocycles. The van der Waals surface area contributed by atoms with Gasteiger partial charge in [0, 0.05) is 15.6 Å². The summed E-state index contributed by atoms with van der Waals surface area (Å²) >= 11 is 9.85. The number of rotatable bonds is 0. The Morgan fingerprint density at radius 3 is 2.53 bits per heavy atom. The molecule has 0 N–H and O–H groups in total. The van der Waals surface area contributed by atoms with Gasteiger partial charge in [-0.2, -0.15) is 0 Å². The van der Waals surface area contributed by atoms with Crippen molar-refractivity contribution in [3.05, 3.63) is 38.4 Å². The molecule has 0 amide bonds. The summed E-state index contributed by atoms with van der Waals surface area (Å²) in [6.45, 7) is 6.03. The predicted octanol–water partition coefficient (Wildman–Crippen LogP) is 4.58. The average molecular weight is 285 g/mol. The SMILES string of the molecule is Cc1ccc2c(Cl)c(C)c(C)nc2c1Br. The molecule has 0 aliphatic rings. The molecule has 0 aliphatic heterocycles. The molecule has 3 heteroatoms. The molecule has 1 aromatic heterocycles. The molecule has 0 saturated heterocycles. The summed E-state index contributed by atoms with van der Waals surface area (Å²) < 4.78 is 1.03. The van der Waals surface area contributed by atoms with Gasteiger partial charge in [0.15, 0.2) is 0 Å². The number of benzene rings is 1. The van der Waals surface area contributed by atoms with Gasteiger partial charge >= 0.3 is 0 Å². The molecule has 1 nitrogen and oxygen atoms in total. The van der Waals surface area contributed by atoms with E-state index in [1.54, 1.807) is 0 Å². The quantitative estimate of drug-likeness (QED) is 0.690. The monoisotopic (exact) mass is 283 g/mol. The minimum absolute atomic E-state index is 0.804. The van der Waals surface area contributed by atoms with E-state index in [1.807, 2.05) is 26.8 Å². The number of hydrogen-bond donors (Lipinski definition) is 0. The molecule has 0 atom stereocenters. The van der Waals surface area contributed by atoms with Crippen molar-refractivity contribution in [2.75, 3.05) is 0 Å². The number of halogens is 2. The van der Waals surface area contributed by atoms with Gasteiger partial charge in [-0.25, -0.2) is 0 Å². The van der Waals surface area contributed by atoms with Crippen molar-refractivity contribution < 1.29 is 0 Å². The molecule has 1 aromatic carbocycles. The van der Waals surface area contributed by atoms with E-state index in [9.17, 15) is 0 Å². The fourth-order valence-corrected chi connectivity index (χ4v) is 2.29. The summed E-state index contributed by atoms with van der Waals surface area (Å²) in [6, 6.07) is 4.08. The summed E-state index contributed by atoms with van der Waals surface area (Å²) in [5, 5.41) is 1.82. The Labute approximate surface area is 103 Å². The predicted molar refractivity (Wildman–Crippen MR) is 68.7 cm³/mol. The normalized spacial score (nSPS) is 11.0. The molecule has 0 unspecified atom stereocenters. The van der Waals surface area contributed by atoms with E-state index in [-0.39, 0.29) is 0 Å². The third kappa shape index (κ3) is 1.66. The largest absolute Gasteiger partial charge is 0.252 e. The Kier molecular flexibility index (Phi) is 2.73. The van der Waals surface area contributed by atoms with Crippen LogP contribution >= 0.6 is 27.5 Å². The van der Waals surface area contributed by atoms with E-state index >= 15 is 0 Å². The van der Waals surface area contributed by atoms with Gasteiger partial charge in [-0.05, 0) is 47.8 Å². The van der Waals surface area contributed by atoms with Crippen LogP contribution in [0.15, 0.2) is 16.6 Å². The van der Waals surface area contributed by atoms with Crippen molar-refractivity contribution in [3.8, 4) is 0 Å². The highest BCUT2D eigenvalue weighted by Crippen LogP contribution is 2.33. The van der Waals surface area contributed by atoms with Gasteiger partial charge < -0.3 is 0 Å². The Hall–Kier alpha value is -0.600. The molecule has 0 aliphatic carbocycles. The molecule has 0 fully saturated rings. The van der Waals surface area contributed by atoms with Crippen LogP contribution in [-0.2, 0) is 0 Å². The summed E-state index contributed by atoms with van der Waals surface area (Å²) in [5.74, 6) is 0. The first-order chi connectivity index (χ1) is 7.02. The molecule has 0 bridgehead atoms. The lowest BCUT2D eigenvalue weighted by Gasteiger charge is -2.09. The van der Waals surface area contributed by atoms with Gasteiger partial charge in [-0.3, -0.25) is 4.98 Å². The summed E-state index contributed by atoms with van der Waals surface area (Å²) in [7, 11) is 0. The molecular formula is C12H11BrClN. The number of aryl methyl sites for hydroxylation is 2. The van der Waals surface area contributed by atoms with E-state index in [0.717, 1.165) is 31.7 Å². The van der Waals surface area contributed by atoms with Crippen LogP contribution in [0.5, 0.6) is 0 Å². The second-order valence-electron chi connectivity index (χ2n) is 3.73. The zero-order valence-corrected chi connectivity index (χ0v) is 11.2. The Morgan fingerprint density at radius 2 is 1.87 bits per heavy atom. The number of hydrogen-bond acceptors (Lipinski definition) is 1. The lowest BCUT2D eigenvalue weighted by molar-refractivity contribution is 1.19. The van der Waals surface area contributed by atoms with Crippen LogP contribution < -0.4 is 0 Å². The molecule has 0 spiro atoms. The first-order valence-corrected chi connectivity index (χ1v) is 5.91. The topological polar surface area (TPSA) is 12.9 Å². The zero-order valence-electron chi connectivity index (χ0n) is 8.86. The van der Waals surface area contributed by atoms with Crippen LogP contribution in [0.1, 0.15) is 16.8 Å². The molecular weight excluding hydrogens is 273 g/mol. The Bertz CT molecular complexity index is 549. The van der Waals surface area contributed by atoms with Gasteiger partial charge in [0.2, 0.25) is 0 Å². The Morgan fingerprint density at radius 1 is 1.20 bits per heavy atom. The highest BCUT2D eigenvalue weighted by atomic mass is 79.9. The lowest BCUT2D eigenvalue weighted by Crippen LogP contribution is -1.92. The van der Waals surface area contributed by atoms with Crippen LogP contribution in [0.4, 0.5) is 0 Å². The molecule has 0 saturated carbocycles. The van der Waals surface area contributed by atoms with Crippen molar-refractivity contribution in [1.82, 2.24) is 4.98 Å². The van der Waals surface area contributed by atoms with E-state index in [0.29, 0.717) is 0 Å². The summed E-state index contributed by atoms with van der Waals surface area (Å²) in [6.07, 6.45) is 0. The van der Waals surface area contributed by atoms with Crippen molar-refractivity contribution in [2.45, 2.75) is 20.8 Å². The molecule has 2 rings (SSSR count). The second-order valence-corrected chi connectivity index (χ2v) is 4.90. The van der Waals surface area contributed by atoms with Crippen LogP contribution in [0, 0.1) is 20.8 Å². The lowest BCUT2D eigenvalue weighted by atomic mass is 10.1. The Balaban J connectivity index is 2.98. The van der Waals surface area contributed by atoms with Crippen LogP contribution in [0.2, 0.25) is 5.02 Å². The third-order valence-electron chi connectivity index (χ3n) is 2.70. The summed E-state index contributed by atoms with van der Waals surface area (Å²) in [5.41, 5.74) is 4.16. The highest BCUT2D eigenvalue weighted by Gasteiger charge is 2.10.